The van der Waals surface area contributed by atoms with Crippen LogP contribution >= 0.6 is 23.9 Å². The zero-order valence-electron chi connectivity index (χ0n) is 11.7. The molecule has 2 unspecified atom stereocenters. The van der Waals surface area contributed by atoms with Crippen molar-refractivity contribution in [2.24, 2.45) is 0 Å². The first-order chi connectivity index (χ1) is 9.24. The van der Waals surface area contributed by atoms with Gasteiger partial charge in [0.25, 0.3) is 0 Å². The van der Waals surface area contributed by atoms with Crippen LogP contribution in [-0.2, 0) is 14.2 Å². The van der Waals surface area contributed by atoms with Crippen LogP contribution in [0.25, 0.3) is 0 Å². The Morgan fingerprint density at radius 1 is 0.789 bits per heavy atom. The van der Waals surface area contributed by atoms with E-state index in [1.165, 1.54) is 0 Å². The molecular formula is C12H24N2O3S2. The van der Waals surface area contributed by atoms with E-state index < -0.39 is 0 Å². The second-order valence-electron chi connectivity index (χ2n) is 4.56. The van der Waals surface area contributed by atoms with Gasteiger partial charge in [0.2, 0.25) is 0 Å². The van der Waals surface area contributed by atoms with Crippen LogP contribution in [0.15, 0.2) is 0 Å². The van der Waals surface area contributed by atoms with E-state index in [9.17, 15) is 0 Å². The fourth-order valence-electron chi connectivity index (χ4n) is 2.04. The topological polar surface area (TPSA) is 34.2 Å². The molecule has 112 valence electrons. The minimum absolute atomic E-state index is 0.182. The summed E-state index contributed by atoms with van der Waals surface area (Å²) in [6.45, 7) is 11.5. The number of hydrogen-bond acceptors (Lipinski definition) is 7. The third-order valence-corrected chi connectivity index (χ3v) is 5.06. The predicted octanol–water partition coefficient (Wildman–Crippen LogP) is 1.66. The summed E-state index contributed by atoms with van der Waals surface area (Å²) >= 11 is 3.57. The van der Waals surface area contributed by atoms with E-state index in [0.717, 1.165) is 52.6 Å². The fourth-order valence-corrected chi connectivity index (χ4v) is 4.11. The molecule has 2 saturated heterocycles. The van der Waals surface area contributed by atoms with Crippen LogP contribution in [-0.4, -0.2) is 72.1 Å². The van der Waals surface area contributed by atoms with Crippen LogP contribution in [0, 0.1) is 0 Å². The number of ether oxygens (including phenoxy) is 3. The van der Waals surface area contributed by atoms with Crippen molar-refractivity contribution in [1.29, 1.82) is 0 Å². The molecule has 0 aliphatic carbocycles. The largest absolute Gasteiger partial charge is 0.379 e. The molecule has 7 heteroatoms. The molecule has 0 spiro atoms. The smallest absolute Gasteiger partial charge is 0.116 e. The highest BCUT2D eigenvalue weighted by Gasteiger charge is 2.19. The van der Waals surface area contributed by atoms with Gasteiger partial charge in [-0.1, -0.05) is 0 Å². The van der Waals surface area contributed by atoms with E-state index in [2.05, 4.69) is 22.5 Å². The van der Waals surface area contributed by atoms with Crippen LogP contribution < -0.4 is 0 Å². The van der Waals surface area contributed by atoms with Gasteiger partial charge in [0, 0.05) is 26.2 Å². The second kappa shape index (κ2) is 8.71. The van der Waals surface area contributed by atoms with Crippen molar-refractivity contribution < 1.29 is 14.2 Å². The Kier molecular flexibility index (Phi) is 7.28. The Labute approximate surface area is 124 Å². The first kappa shape index (κ1) is 15.9. The van der Waals surface area contributed by atoms with Gasteiger partial charge in [0.05, 0.1) is 26.4 Å². The molecule has 0 amide bonds. The lowest BCUT2D eigenvalue weighted by Crippen LogP contribution is -2.34. The first-order valence-electron chi connectivity index (χ1n) is 6.88. The minimum atomic E-state index is 0.182. The van der Waals surface area contributed by atoms with Crippen LogP contribution in [0.4, 0.5) is 0 Å². The quantitative estimate of drug-likeness (QED) is 0.545. The van der Waals surface area contributed by atoms with Gasteiger partial charge in [-0.15, -0.1) is 0 Å². The molecule has 0 bridgehead atoms. The average molecular weight is 308 g/mol. The van der Waals surface area contributed by atoms with Gasteiger partial charge >= 0.3 is 0 Å². The maximum absolute atomic E-state index is 6.02. The molecule has 0 N–H and O–H groups in total. The molecule has 2 atom stereocenters. The van der Waals surface area contributed by atoms with Gasteiger partial charge in [0.1, 0.15) is 10.9 Å². The fraction of sp³-hybridized carbons (Fsp3) is 1.00. The molecule has 2 heterocycles. The van der Waals surface area contributed by atoms with E-state index in [-0.39, 0.29) is 10.9 Å². The van der Waals surface area contributed by atoms with Crippen molar-refractivity contribution in [3.8, 4) is 0 Å². The molecule has 0 aromatic heterocycles. The van der Waals surface area contributed by atoms with Gasteiger partial charge in [-0.25, -0.2) is 8.61 Å². The van der Waals surface area contributed by atoms with E-state index >= 15 is 0 Å². The lowest BCUT2D eigenvalue weighted by molar-refractivity contribution is 0.0668. The van der Waals surface area contributed by atoms with Gasteiger partial charge in [-0.05, 0) is 37.7 Å². The molecule has 0 aromatic carbocycles. The lowest BCUT2D eigenvalue weighted by atomic mass is 10.5. The molecule has 2 rings (SSSR count). The molecule has 19 heavy (non-hydrogen) atoms. The third kappa shape index (κ3) is 6.20. The van der Waals surface area contributed by atoms with E-state index in [1.807, 2.05) is 0 Å². The summed E-state index contributed by atoms with van der Waals surface area (Å²) < 4.78 is 21.4. The van der Waals surface area contributed by atoms with Crippen molar-refractivity contribution in [3.63, 3.8) is 0 Å². The highest BCUT2D eigenvalue weighted by Crippen LogP contribution is 2.25. The number of nitrogens with zero attached hydrogens (tertiary/aromatic N) is 2. The first-order valence-corrected chi connectivity index (χ1v) is 8.56. The predicted molar refractivity (Wildman–Crippen MR) is 80.0 cm³/mol. The Morgan fingerprint density at radius 3 is 1.53 bits per heavy atom. The van der Waals surface area contributed by atoms with Gasteiger partial charge < -0.3 is 14.2 Å². The molecular weight excluding hydrogens is 284 g/mol. The zero-order valence-corrected chi connectivity index (χ0v) is 13.4. The summed E-state index contributed by atoms with van der Waals surface area (Å²) in [5, 5.41) is 0. The Balaban J connectivity index is 1.61. The highest BCUT2D eigenvalue weighted by atomic mass is 32.2. The molecule has 0 saturated carbocycles. The summed E-state index contributed by atoms with van der Waals surface area (Å²) in [4.78, 5) is 0. The van der Waals surface area contributed by atoms with Crippen LogP contribution in [0.5, 0.6) is 0 Å². The normalized spacial score (nSPS) is 26.2. The molecule has 0 radical (unpaired) electrons. The van der Waals surface area contributed by atoms with Crippen LogP contribution in [0.1, 0.15) is 13.8 Å². The lowest BCUT2D eigenvalue weighted by Gasteiger charge is -2.31. The number of rotatable bonds is 6. The minimum Gasteiger partial charge on any atom is -0.379 e. The van der Waals surface area contributed by atoms with Crippen molar-refractivity contribution in [3.05, 3.63) is 0 Å². The van der Waals surface area contributed by atoms with Gasteiger partial charge in [-0.2, -0.15) is 0 Å². The average Bonchev–Trinajstić information content (AvgIpc) is 2.40. The molecule has 2 aliphatic rings. The number of hydrogen-bond donors (Lipinski definition) is 0. The molecule has 2 aliphatic heterocycles. The maximum Gasteiger partial charge on any atom is 0.116 e. The summed E-state index contributed by atoms with van der Waals surface area (Å²) in [7, 11) is 0. The Hall–Kier alpha value is 0.500. The second-order valence-corrected chi connectivity index (χ2v) is 7.35. The zero-order chi connectivity index (χ0) is 13.5. The Morgan fingerprint density at radius 2 is 1.16 bits per heavy atom. The van der Waals surface area contributed by atoms with Crippen molar-refractivity contribution in [1.82, 2.24) is 8.61 Å². The summed E-state index contributed by atoms with van der Waals surface area (Å²) in [5.74, 6) is 0. The standard InChI is InChI=1S/C12H24N2O3S2/c1-11(18-13-3-7-15-8-4-13)17-12(2)19-14-5-9-16-10-6-14/h11-12H,3-10H2,1-2H3. The third-order valence-electron chi connectivity index (χ3n) is 2.92. The van der Waals surface area contributed by atoms with E-state index in [1.54, 1.807) is 23.9 Å². The van der Waals surface area contributed by atoms with Gasteiger partial charge in [-0.3, -0.25) is 0 Å². The van der Waals surface area contributed by atoms with E-state index in [4.69, 9.17) is 14.2 Å². The summed E-state index contributed by atoms with van der Waals surface area (Å²) in [6, 6.07) is 0. The molecule has 5 nitrogen and oxygen atoms in total. The SMILES string of the molecule is CC(OC(C)SN1CCOCC1)SN1CCOCC1. The van der Waals surface area contributed by atoms with Crippen LogP contribution in [0.2, 0.25) is 0 Å². The van der Waals surface area contributed by atoms with Crippen molar-refractivity contribution >= 4 is 23.9 Å². The van der Waals surface area contributed by atoms with Crippen molar-refractivity contribution in [2.75, 3.05) is 52.6 Å². The van der Waals surface area contributed by atoms with E-state index in [0.29, 0.717) is 0 Å². The monoisotopic (exact) mass is 308 g/mol. The Bertz CT molecular complexity index is 225. The summed E-state index contributed by atoms with van der Waals surface area (Å²) in [5.41, 5.74) is 0.364. The van der Waals surface area contributed by atoms with Crippen molar-refractivity contribution in [2.45, 2.75) is 24.7 Å². The highest BCUT2D eigenvalue weighted by molar-refractivity contribution is 7.98. The summed E-state index contributed by atoms with van der Waals surface area (Å²) in [6.07, 6.45) is 0. The van der Waals surface area contributed by atoms with Crippen LogP contribution in [0.3, 0.4) is 0 Å². The molecule has 0 aromatic rings. The molecule has 2 fully saturated rings. The maximum atomic E-state index is 6.02. The number of morpholine rings is 2. The van der Waals surface area contributed by atoms with Gasteiger partial charge in [0.15, 0.2) is 0 Å².